The van der Waals surface area contributed by atoms with Gasteiger partial charge in [0.15, 0.2) is 12.3 Å². The third-order valence-corrected chi connectivity index (χ3v) is 2.05. The van der Waals surface area contributed by atoms with Crippen molar-refractivity contribution in [2.45, 2.75) is 12.2 Å². The molecule has 0 aliphatic carbocycles. The first-order valence-corrected chi connectivity index (χ1v) is 4.02. The summed E-state index contributed by atoms with van der Waals surface area (Å²) in [7, 11) is 3.27. The summed E-state index contributed by atoms with van der Waals surface area (Å²) in [6.45, 7) is 1.09. The van der Waals surface area contributed by atoms with Gasteiger partial charge in [-0.05, 0) is 0 Å². The fourth-order valence-electron chi connectivity index (χ4n) is 0.846. The van der Waals surface area contributed by atoms with Gasteiger partial charge >= 0.3 is 0 Å². The monoisotopic (exact) mass is 180 g/mol. The van der Waals surface area contributed by atoms with E-state index in [9.17, 15) is 0 Å². The summed E-state index contributed by atoms with van der Waals surface area (Å²) in [5.41, 5.74) is 0. The van der Waals surface area contributed by atoms with E-state index in [4.69, 9.17) is 17.8 Å². The number of rotatable bonds is 4. The average molecular weight is 180 g/mol. The van der Waals surface area contributed by atoms with Crippen molar-refractivity contribution in [1.29, 1.82) is 0 Å². The predicted octanol–water partition coefficient (Wildman–Crippen LogP) is 0.626. The molecule has 0 spiro atoms. The third-order valence-electron chi connectivity index (χ3n) is 1.40. The fraction of sp³-hybridized carbons (Fsp3) is 1.00. The molecule has 0 aromatic rings. The molecule has 0 N–H and O–H groups in total. The second kappa shape index (κ2) is 4.95. The highest BCUT2D eigenvalue weighted by molar-refractivity contribution is 7.90. The molecular formula is C6H12O4S. The van der Waals surface area contributed by atoms with Crippen molar-refractivity contribution in [2.75, 3.05) is 27.4 Å². The molecule has 11 heavy (non-hydrogen) atoms. The summed E-state index contributed by atoms with van der Waals surface area (Å²) in [5, 5.41) is 0. The summed E-state index contributed by atoms with van der Waals surface area (Å²) < 4.78 is 20.2. The second-order valence-corrected chi connectivity index (χ2v) is 2.77. The Hall–Kier alpha value is 0.190. The number of hydrogen-bond donors (Lipinski definition) is 0. The van der Waals surface area contributed by atoms with Crippen LogP contribution < -0.4 is 0 Å². The molecule has 1 heterocycles. The van der Waals surface area contributed by atoms with Gasteiger partial charge in [-0.1, -0.05) is 0 Å². The van der Waals surface area contributed by atoms with E-state index in [1.54, 1.807) is 14.2 Å². The summed E-state index contributed by atoms with van der Waals surface area (Å²) in [6, 6.07) is 0. The average Bonchev–Trinajstić information content (AvgIpc) is 2.39. The molecule has 1 aliphatic heterocycles. The van der Waals surface area contributed by atoms with E-state index >= 15 is 0 Å². The third kappa shape index (κ3) is 2.61. The largest absolute Gasteiger partial charge is 0.382 e. The molecule has 66 valence electrons. The van der Waals surface area contributed by atoms with Crippen molar-refractivity contribution < 1.29 is 17.8 Å². The highest BCUT2D eigenvalue weighted by Gasteiger charge is 2.30. The molecule has 0 bridgehead atoms. The van der Waals surface area contributed by atoms with Gasteiger partial charge in [0.25, 0.3) is 0 Å². The van der Waals surface area contributed by atoms with Gasteiger partial charge < -0.3 is 9.47 Å². The van der Waals surface area contributed by atoms with Gasteiger partial charge in [0, 0.05) is 14.2 Å². The first kappa shape index (κ1) is 9.28. The topological polar surface area (TPSA) is 36.9 Å². The van der Waals surface area contributed by atoms with Gasteiger partial charge in [-0.2, -0.15) is 0 Å². The maximum atomic E-state index is 5.15. The number of methoxy groups -OCH3 is 2. The molecule has 0 aromatic carbocycles. The molecule has 1 aliphatic rings. The summed E-state index contributed by atoms with van der Waals surface area (Å²) in [6.07, 6.45) is -0.0186. The van der Waals surface area contributed by atoms with Crippen LogP contribution in [0.2, 0.25) is 0 Å². The Morgan fingerprint density at radius 2 is 1.55 bits per heavy atom. The van der Waals surface area contributed by atoms with Gasteiger partial charge in [0.2, 0.25) is 0 Å². The highest BCUT2D eigenvalue weighted by Crippen LogP contribution is 2.25. The lowest BCUT2D eigenvalue weighted by Crippen LogP contribution is -2.30. The van der Waals surface area contributed by atoms with Crippen LogP contribution in [0, 0.1) is 0 Å². The fourth-order valence-corrected chi connectivity index (χ4v) is 1.45. The molecule has 1 rings (SSSR count). The van der Waals surface area contributed by atoms with E-state index in [1.165, 1.54) is 0 Å². The van der Waals surface area contributed by atoms with Crippen LogP contribution in [0.4, 0.5) is 0 Å². The second-order valence-electron chi connectivity index (χ2n) is 2.25. The van der Waals surface area contributed by atoms with Crippen LogP contribution >= 0.6 is 12.3 Å². The van der Waals surface area contributed by atoms with Crippen molar-refractivity contribution in [3.05, 3.63) is 0 Å². The number of ether oxygens (including phenoxy) is 2. The Kier molecular flexibility index (Phi) is 4.17. The van der Waals surface area contributed by atoms with E-state index in [1.807, 2.05) is 0 Å². The van der Waals surface area contributed by atoms with Gasteiger partial charge in [-0.25, -0.2) is 0 Å². The zero-order chi connectivity index (χ0) is 8.10. The standard InChI is InChI=1S/C6H12O4S/c1-7-3-5-6(4-8-2)10-11-9-5/h5-6H,3-4H2,1-2H3. The zero-order valence-corrected chi connectivity index (χ0v) is 7.43. The summed E-state index contributed by atoms with van der Waals surface area (Å²) in [4.78, 5) is 0. The Morgan fingerprint density at radius 1 is 1.09 bits per heavy atom. The molecule has 1 saturated heterocycles. The van der Waals surface area contributed by atoms with Crippen molar-refractivity contribution in [2.24, 2.45) is 0 Å². The summed E-state index contributed by atoms with van der Waals surface area (Å²) in [5.74, 6) is 0. The number of hydrogen-bond acceptors (Lipinski definition) is 5. The molecule has 4 nitrogen and oxygen atoms in total. The maximum Gasteiger partial charge on any atom is 0.159 e. The lowest BCUT2D eigenvalue weighted by atomic mass is 10.2. The SMILES string of the molecule is COCC1OSOC1COC. The first-order chi connectivity index (χ1) is 5.38. The van der Waals surface area contributed by atoms with Gasteiger partial charge in [0.05, 0.1) is 13.2 Å². The van der Waals surface area contributed by atoms with Crippen LogP contribution in [0.3, 0.4) is 0 Å². The smallest absolute Gasteiger partial charge is 0.159 e. The van der Waals surface area contributed by atoms with Gasteiger partial charge in [-0.15, -0.1) is 0 Å². The van der Waals surface area contributed by atoms with Crippen molar-refractivity contribution in [1.82, 2.24) is 0 Å². The minimum absolute atomic E-state index is 0.00931. The Bertz CT molecular complexity index is 98.8. The Morgan fingerprint density at radius 3 is 1.91 bits per heavy atom. The molecule has 0 amide bonds. The van der Waals surface area contributed by atoms with Crippen LogP contribution in [0.5, 0.6) is 0 Å². The molecule has 0 radical (unpaired) electrons. The maximum absolute atomic E-state index is 5.15. The lowest BCUT2D eigenvalue weighted by Gasteiger charge is -2.12. The highest BCUT2D eigenvalue weighted by atomic mass is 32.2. The quantitative estimate of drug-likeness (QED) is 0.593. The lowest BCUT2D eigenvalue weighted by molar-refractivity contribution is 0.0219. The molecule has 1 fully saturated rings. The van der Waals surface area contributed by atoms with Gasteiger partial charge in [-0.3, -0.25) is 8.37 Å². The van der Waals surface area contributed by atoms with Crippen molar-refractivity contribution in [3.8, 4) is 0 Å². The molecule has 0 aromatic heterocycles. The zero-order valence-electron chi connectivity index (χ0n) is 6.61. The van der Waals surface area contributed by atoms with E-state index in [0.29, 0.717) is 13.2 Å². The van der Waals surface area contributed by atoms with Crippen LogP contribution in [-0.4, -0.2) is 39.6 Å². The molecule has 5 heteroatoms. The summed E-state index contributed by atoms with van der Waals surface area (Å²) >= 11 is 1.01. The van der Waals surface area contributed by atoms with Crippen molar-refractivity contribution >= 4 is 12.3 Å². The van der Waals surface area contributed by atoms with Crippen LogP contribution in [-0.2, 0) is 17.8 Å². The molecular weight excluding hydrogens is 168 g/mol. The van der Waals surface area contributed by atoms with E-state index in [2.05, 4.69) is 0 Å². The van der Waals surface area contributed by atoms with Crippen LogP contribution in [0.15, 0.2) is 0 Å². The van der Waals surface area contributed by atoms with Crippen molar-refractivity contribution in [3.63, 3.8) is 0 Å². The Labute approximate surface area is 70.6 Å². The van der Waals surface area contributed by atoms with E-state index in [-0.39, 0.29) is 12.2 Å². The van der Waals surface area contributed by atoms with Gasteiger partial charge in [0.1, 0.15) is 12.2 Å². The van der Waals surface area contributed by atoms with E-state index < -0.39 is 0 Å². The van der Waals surface area contributed by atoms with E-state index in [0.717, 1.165) is 12.3 Å². The normalized spacial score (nSPS) is 31.1. The van der Waals surface area contributed by atoms with Crippen LogP contribution in [0.1, 0.15) is 0 Å². The first-order valence-electron chi connectivity index (χ1n) is 3.35. The Balaban J connectivity index is 2.25. The predicted molar refractivity (Wildman–Crippen MR) is 41.1 cm³/mol. The van der Waals surface area contributed by atoms with Crippen LogP contribution in [0.25, 0.3) is 0 Å². The minimum Gasteiger partial charge on any atom is -0.382 e. The molecule has 2 unspecified atom stereocenters. The molecule has 0 saturated carbocycles. The molecule has 2 atom stereocenters. The minimum atomic E-state index is -0.00931.